The summed E-state index contributed by atoms with van der Waals surface area (Å²) in [6.45, 7) is 5.91. The van der Waals surface area contributed by atoms with Crippen LogP contribution in [0, 0.1) is 0 Å². The van der Waals surface area contributed by atoms with Crippen molar-refractivity contribution < 1.29 is 9.53 Å². The van der Waals surface area contributed by atoms with E-state index in [1.165, 1.54) is 4.90 Å². The molecule has 26 heavy (non-hydrogen) atoms. The third-order valence-corrected chi connectivity index (χ3v) is 5.48. The highest BCUT2D eigenvalue weighted by atomic mass is 32.2. The Morgan fingerprint density at radius 3 is 2.42 bits per heavy atom. The van der Waals surface area contributed by atoms with Gasteiger partial charge in [-0.2, -0.15) is 0 Å². The highest BCUT2D eigenvalue weighted by Gasteiger charge is 2.22. The molecule has 0 spiro atoms. The molecule has 3 rings (SSSR count). The third kappa shape index (κ3) is 4.94. The average Bonchev–Trinajstić information content (AvgIpc) is 2.70. The SMILES string of the molecule is CCOc1ccccc1N1CCN(C(=O)CCSc2ccccc2)CC1. The first-order chi connectivity index (χ1) is 12.8. The van der Waals surface area contributed by atoms with E-state index in [9.17, 15) is 4.79 Å². The van der Waals surface area contributed by atoms with Crippen LogP contribution < -0.4 is 9.64 Å². The van der Waals surface area contributed by atoms with Gasteiger partial charge in [0.25, 0.3) is 0 Å². The fourth-order valence-corrected chi connectivity index (χ4v) is 3.99. The van der Waals surface area contributed by atoms with Crippen molar-refractivity contribution >= 4 is 23.4 Å². The lowest BCUT2D eigenvalue weighted by Crippen LogP contribution is -2.49. The molecule has 0 N–H and O–H groups in total. The molecule has 138 valence electrons. The van der Waals surface area contributed by atoms with E-state index in [-0.39, 0.29) is 5.91 Å². The van der Waals surface area contributed by atoms with Crippen molar-refractivity contribution in [1.29, 1.82) is 0 Å². The molecule has 0 aliphatic carbocycles. The van der Waals surface area contributed by atoms with Crippen LogP contribution in [0.2, 0.25) is 0 Å². The maximum Gasteiger partial charge on any atom is 0.223 e. The summed E-state index contributed by atoms with van der Waals surface area (Å²) < 4.78 is 5.73. The number of carbonyl (C=O) groups is 1. The van der Waals surface area contributed by atoms with Gasteiger partial charge in [-0.3, -0.25) is 4.79 Å². The second-order valence-electron chi connectivity index (χ2n) is 6.18. The summed E-state index contributed by atoms with van der Waals surface area (Å²) >= 11 is 1.74. The minimum absolute atomic E-state index is 0.256. The van der Waals surface area contributed by atoms with Gasteiger partial charge in [0.05, 0.1) is 12.3 Å². The van der Waals surface area contributed by atoms with Gasteiger partial charge in [-0.1, -0.05) is 30.3 Å². The molecule has 0 aromatic heterocycles. The Morgan fingerprint density at radius 2 is 1.69 bits per heavy atom. The Kier molecular flexibility index (Phi) is 6.83. The maximum absolute atomic E-state index is 12.5. The summed E-state index contributed by atoms with van der Waals surface area (Å²) in [6.07, 6.45) is 0.592. The summed E-state index contributed by atoms with van der Waals surface area (Å²) in [5.41, 5.74) is 1.13. The molecule has 4 nitrogen and oxygen atoms in total. The number of piperazine rings is 1. The van der Waals surface area contributed by atoms with Crippen molar-refractivity contribution in [3.05, 3.63) is 54.6 Å². The lowest BCUT2D eigenvalue weighted by molar-refractivity contribution is -0.131. The highest BCUT2D eigenvalue weighted by Crippen LogP contribution is 2.29. The zero-order chi connectivity index (χ0) is 18.2. The van der Waals surface area contributed by atoms with E-state index in [1.54, 1.807) is 11.8 Å². The van der Waals surface area contributed by atoms with Crippen LogP contribution in [-0.4, -0.2) is 49.3 Å². The Morgan fingerprint density at radius 1 is 1.00 bits per heavy atom. The summed E-state index contributed by atoms with van der Waals surface area (Å²) in [7, 11) is 0. The normalized spacial score (nSPS) is 14.3. The van der Waals surface area contributed by atoms with Gasteiger partial charge < -0.3 is 14.5 Å². The predicted octanol–water partition coefficient (Wildman–Crippen LogP) is 3.92. The maximum atomic E-state index is 12.5. The number of nitrogens with zero attached hydrogens (tertiary/aromatic N) is 2. The van der Waals surface area contributed by atoms with E-state index in [0.717, 1.165) is 43.4 Å². The van der Waals surface area contributed by atoms with E-state index >= 15 is 0 Å². The van der Waals surface area contributed by atoms with Crippen molar-refractivity contribution in [2.75, 3.05) is 43.4 Å². The van der Waals surface area contributed by atoms with E-state index in [2.05, 4.69) is 23.1 Å². The average molecular weight is 371 g/mol. The van der Waals surface area contributed by atoms with Gasteiger partial charge in [-0.05, 0) is 31.2 Å². The van der Waals surface area contributed by atoms with Crippen LogP contribution >= 0.6 is 11.8 Å². The van der Waals surface area contributed by atoms with E-state index in [0.29, 0.717) is 13.0 Å². The number of carbonyl (C=O) groups excluding carboxylic acids is 1. The zero-order valence-corrected chi connectivity index (χ0v) is 16.1. The van der Waals surface area contributed by atoms with Crippen LogP contribution in [-0.2, 0) is 4.79 Å². The predicted molar refractivity (Wildman–Crippen MR) is 108 cm³/mol. The molecule has 0 radical (unpaired) electrons. The van der Waals surface area contributed by atoms with Crippen molar-refractivity contribution in [1.82, 2.24) is 4.90 Å². The molecule has 1 aliphatic rings. The first-order valence-corrected chi connectivity index (χ1v) is 10.2. The van der Waals surface area contributed by atoms with E-state index < -0.39 is 0 Å². The quantitative estimate of drug-likeness (QED) is 0.692. The van der Waals surface area contributed by atoms with Gasteiger partial charge >= 0.3 is 0 Å². The molecule has 1 heterocycles. The van der Waals surface area contributed by atoms with Gasteiger partial charge in [0, 0.05) is 43.2 Å². The molecule has 0 saturated carbocycles. The van der Waals surface area contributed by atoms with Crippen LogP contribution in [0.1, 0.15) is 13.3 Å². The molecule has 1 saturated heterocycles. The van der Waals surface area contributed by atoms with Gasteiger partial charge in [-0.25, -0.2) is 0 Å². The third-order valence-electron chi connectivity index (χ3n) is 4.47. The van der Waals surface area contributed by atoms with Crippen molar-refractivity contribution in [2.45, 2.75) is 18.2 Å². The van der Waals surface area contributed by atoms with E-state index in [1.807, 2.05) is 48.2 Å². The minimum Gasteiger partial charge on any atom is -0.492 e. The number of thioether (sulfide) groups is 1. The Labute approximate surface area is 160 Å². The minimum atomic E-state index is 0.256. The molecule has 1 aliphatic heterocycles. The Bertz CT molecular complexity index is 700. The fraction of sp³-hybridized carbons (Fsp3) is 0.381. The highest BCUT2D eigenvalue weighted by molar-refractivity contribution is 7.99. The number of rotatable bonds is 7. The molecule has 1 fully saturated rings. The lowest BCUT2D eigenvalue weighted by atomic mass is 10.2. The molecule has 0 bridgehead atoms. The molecule has 5 heteroatoms. The molecular formula is C21H26N2O2S. The first kappa shape index (κ1) is 18.6. The number of para-hydroxylation sites is 2. The summed E-state index contributed by atoms with van der Waals surface area (Å²) in [6, 6.07) is 18.4. The van der Waals surface area contributed by atoms with Gasteiger partial charge in [0.1, 0.15) is 5.75 Å². The summed E-state index contributed by atoms with van der Waals surface area (Å²) in [4.78, 5) is 18.0. The Hall–Kier alpha value is -2.14. The number of benzene rings is 2. The molecule has 0 atom stereocenters. The van der Waals surface area contributed by atoms with Gasteiger partial charge in [-0.15, -0.1) is 11.8 Å². The molecule has 2 aromatic rings. The van der Waals surface area contributed by atoms with Crippen LogP contribution in [0.4, 0.5) is 5.69 Å². The van der Waals surface area contributed by atoms with Gasteiger partial charge in [0.15, 0.2) is 0 Å². The fourth-order valence-electron chi connectivity index (χ4n) is 3.12. The van der Waals surface area contributed by atoms with Crippen molar-refractivity contribution in [3.63, 3.8) is 0 Å². The van der Waals surface area contributed by atoms with Crippen molar-refractivity contribution in [3.8, 4) is 5.75 Å². The first-order valence-electron chi connectivity index (χ1n) is 9.20. The number of hydrogen-bond donors (Lipinski definition) is 0. The monoisotopic (exact) mass is 370 g/mol. The zero-order valence-electron chi connectivity index (χ0n) is 15.3. The van der Waals surface area contributed by atoms with E-state index in [4.69, 9.17) is 4.74 Å². The van der Waals surface area contributed by atoms with Crippen LogP contribution in [0.5, 0.6) is 5.75 Å². The second-order valence-corrected chi connectivity index (χ2v) is 7.35. The summed E-state index contributed by atoms with van der Waals surface area (Å²) in [5, 5.41) is 0. The molecule has 2 aromatic carbocycles. The molecule has 1 amide bonds. The number of hydrogen-bond acceptors (Lipinski definition) is 4. The standard InChI is InChI=1S/C21H26N2O2S/c1-2-25-20-11-7-6-10-19(20)22-13-15-23(16-14-22)21(24)12-17-26-18-8-4-3-5-9-18/h3-11H,2,12-17H2,1H3. The van der Waals surface area contributed by atoms with Crippen LogP contribution in [0.25, 0.3) is 0 Å². The Balaban J connectivity index is 1.46. The summed E-state index contributed by atoms with van der Waals surface area (Å²) in [5.74, 6) is 2.01. The van der Waals surface area contributed by atoms with Crippen molar-refractivity contribution in [2.24, 2.45) is 0 Å². The topological polar surface area (TPSA) is 32.8 Å². The smallest absolute Gasteiger partial charge is 0.223 e. The second kappa shape index (κ2) is 9.53. The number of amides is 1. The molecular weight excluding hydrogens is 344 g/mol. The van der Waals surface area contributed by atoms with Crippen LogP contribution in [0.15, 0.2) is 59.5 Å². The number of anilines is 1. The largest absolute Gasteiger partial charge is 0.492 e. The van der Waals surface area contributed by atoms with Crippen LogP contribution in [0.3, 0.4) is 0 Å². The van der Waals surface area contributed by atoms with Gasteiger partial charge in [0.2, 0.25) is 5.91 Å². The number of ether oxygens (including phenoxy) is 1. The lowest BCUT2D eigenvalue weighted by Gasteiger charge is -2.36. The molecule has 0 unspecified atom stereocenters.